The van der Waals surface area contributed by atoms with Gasteiger partial charge in [-0.25, -0.2) is 0 Å². The van der Waals surface area contributed by atoms with Gasteiger partial charge in [0.15, 0.2) is 0 Å². The van der Waals surface area contributed by atoms with E-state index in [1.165, 1.54) is 4.90 Å². The van der Waals surface area contributed by atoms with Gasteiger partial charge in [-0.3, -0.25) is 9.59 Å². The van der Waals surface area contributed by atoms with E-state index < -0.39 is 36.1 Å². The lowest BCUT2D eigenvalue weighted by Crippen LogP contribution is -2.56. The summed E-state index contributed by atoms with van der Waals surface area (Å²) >= 11 is 0. The number of hydrogen-bond acceptors (Lipinski definition) is 3. The van der Waals surface area contributed by atoms with Crippen LogP contribution in [0.5, 0.6) is 0 Å². The highest BCUT2D eigenvalue weighted by molar-refractivity contribution is 5.78. The molecular weight excluding hydrogens is 335 g/mol. The maximum absolute atomic E-state index is 12.7. The Bertz CT molecular complexity index is 527. The Hall–Kier alpha value is -1.27. The van der Waals surface area contributed by atoms with Gasteiger partial charge in [0, 0.05) is 6.54 Å². The van der Waals surface area contributed by atoms with Gasteiger partial charge in [-0.2, -0.15) is 13.2 Å². The fourth-order valence-corrected chi connectivity index (χ4v) is 4.14. The lowest BCUT2D eigenvalue weighted by atomic mass is 9.85. The smallest absolute Gasteiger partial charge is 0.397 e. The Balaban J connectivity index is 2.29. The molecule has 1 saturated carbocycles. The van der Waals surface area contributed by atoms with Crippen LogP contribution in [0.4, 0.5) is 13.2 Å². The molecule has 2 aliphatic heterocycles. The predicted octanol–water partition coefficient (Wildman–Crippen LogP) is 3.79. The van der Waals surface area contributed by atoms with E-state index in [-0.39, 0.29) is 23.7 Å². The molecule has 3 aliphatic rings. The van der Waals surface area contributed by atoms with Gasteiger partial charge in [-0.05, 0) is 51.4 Å². The lowest BCUT2D eigenvalue weighted by molar-refractivity contribution is -0.176. The number of amides is 1. The number of fused-ring (bicyclic) bond motifs is 4. The van der Waals surface area contributed by atoms with Gasteiger partial charge in [0.05, 0.1) is 11.5 Å². The minimum Gasteiger partial charge on any atom is -0.459 e. The SMILES string of the molecule is C[C@@H]1CC2C[C@H](C)[C@H](OC(=O)C(C)(C)C)C1N(C(=O)CC(F)(F)F)C2. The molecular formula is C18H28F3NO3. The molecule has 0 radical (unpaired) electrons. The minimum atomic E-state index is -4.53. The first-order valence-corrected chi connectivity index (χ1v) is 8.87. The maximum Gasteiger partial charge on any atom is 0.397 e. The molecule has 144 valence electrons. The van der Waals surface area contributed by atoms with Crippen LogP contribution in [-0.2, 0) is 14.3 Å². The summed E-state index contributed by atoms with van der Waals surface area (Å²) in [5.74, 6) is -1.14. The van der Waals surface area contributed by atoms with Crippen LogP contribution >= 0.6 is 0 Å². The first-order valence-electron chi connectivity index (χ1n) is 8.87. The van der Waals surface area contributed by atoms with Crippen LogP contribution in [0.15, 0.2) is 0 Å². The number of piperidine rings is 1. The number of nitrogens with zero attached hydrogens (tertiary/aromatic N) is 1. The summed E-state index contributed by atoms with van der Waals surface area (Å²) < 4.78 is 43.9. The molecule has 2 saturated heterocycles. The molecule has 0 aromatic rings. The number of halogens is 3. The number of ether oxygens (including phenoxy) is 1. The molecule has 0 spiro atoms. The predicted molar refractivity (Wildman–Crippen MR) is 86.6 cm³/mol. The molecule has 5 atom stereocenters. The van der Waals surface area contributed by atoms with Crippen LogP contribution in [0.3, 0.4) is 0 Å². The average molecular weight is 363 g/mol. The van der Waals surface area contributed by atoms with Crippen LogP contribution < -0.4 is 0 Å². The fraction of sp³-hybridized carbons (Fsp3) is 0.889. The molecule has 3 rings (SSSR count). The largest absolute Gasteiger partial charge is 0.459 e. The van der Waals surface area contributed by atoms with Crippen LogP contribution in [0.25, 0.3) is 0 Å². The van der Waals surface area contributed by atoms with E-state index in [1.54, 1.807) is 20.8 Å². The quantitative estimate of drug-likeness (QED) is 0.701. The highest BCUT2D eigenvalue weighted by atomic mass is 19.4. The topological polar surface area (TPSA) is 46.6 Å². The van der Waals surface area contributed by atoms with Crippen LogP contribution in [-0.4, -0.2) is 41.6 Å². The summed E-state index contributed by atoms with van der Waals surface area (Å²) in [6, 6.07) is -0.491. The summed E-state index contributed by atoms with van der Waals surface area (Å²) in [6.07, 6.45) is -4.97. The Morgan fingerprint density at radius 3 is 2.16 bits per heavy atom. The molecule has 2 bridgehead atoms. The first kappa shape index (κ1) is 20.0. The summed E-state index contributed by atoms with van der Waals surface area (Å²) in [5.41, 5.74) is -0.700. The van der Waals surface area contributed by atoms with E-state index in [0.29, 0.717) is 6.54 Å². The summed E-state index contributed by atoms with van der Waals surface area (Å²) in [7, 11) is 0. The Morgan fingerprint density at radius 1 is 1.08 bits per heavy atom. The molecule has 0 aromatic carbocycles. The van der Waals surface area contributed by atoms with Crippen LogP contribution in [0, 0.1) is 23.2 Å². The van der Waals surface area contributed by atoms with Gasteiger partial charge in [0.1, 0.15) is 12.5 Å². The Morgan fingerprint density at radius 2 is 1.64 bits per heavy atom. The zero-order valence-electron chi connectivity index (χ0n) is 15.5. The van der Waals surface area contributed by atoms with Crippen molar-refractivity contribution < 1.29 is 27.5 Å². The van der Waals surface area contributed by atoms with E-state index in [9.17, 15) is 22.8 Å². The number of carbonyl (C=O) groups excluding carboxylic acids is 2. The molecule has 25 heavy (non-hydrogen) atoms. The molecule has 1 aliphatic carbocycles. The third-order valence-electron chi connectivity index (χ3n) is 5.23. The van der Waals surface area contributed by atoms with E-state index >= 15 is 0 Å². The van der Waals surface area contributed by atoms with Crippen molar-refractivity contribution in [3.05, 3.63) is 0 Å². The maximum atomic E-state index is 12.7. The van der Waals surface area contributed by atoms with Crippen molar-refractivity contribution in [1.82, 2.24) is 4.90 Å². The molecule has 2 heterocycles. The van der Waals surface area contributed by atoms with Crippen molar-refractivity contribution in [1.29, 1.82) is 0 Å². The minimum absolute atomic E-state index is 0.00125. The molecule has 1 amide bonds. The van der Waals surface area contributed by atoms with Crippen molar-refractivity contribution in [2.24, 2.45) is 23.2 Å². The fourth-order valence-electron chi connectivity index (χ4n) is 4.14. The lowest BCUT2D eigenvalue weighted by Gasteiger charge is -2.44. The van der Waals surface area contributed by atoms with Gasteiger partial charge in [-0.1, -0.05) is 13.8 Å². The van der Waals surface area contributed by atoms with E-state index in [4.69, 9.17) is 4.74 Å². The second kappa shape index (κ2) is 6.80. The number of alkyl halides is 3. The zero-order chi connectivity index (χ0) is 19.2. The highest BCUT2D eigenvalue weighted by Crippen LogP contribution is 2.42. The third-order valence-corrected chi connectivity index (χ3v) is 5.23. The van der Waals surface area contributed by atoms with Gasteiger partial charge < -0.3 is 9.64 Å². The Kier molecular flexibility index (Phi) is 5.45. The number of hydrogen-bond donors (Lipinski definition) is 0. The summed E-state index contributed by atoms with van der Waals surface area (Å²) in [5, 5.41) is 0. The average Bonchev–Trinajstić information content (AvgIpc) is 2.60. The van der Waals surface area contributed by atoms with Gasteiger partial charge in [-0.15, -0.1) is 0 Å². The van der Waals surface area contributed by atoms with Crippen LogP contribution in [0.2, 0.25) is 0 Å². The van der Waals surface area contributed by atoms with Gasteiger partial charge >= 0.3 is 12.1 Å². The first-order chi connectivity index (χ1) is 11.3. The molecule has 2 unspecified atom stereocenters. The van der Waals surface area contributed by atoms with Crippen molar-refractivity contribution in [3.8, 4) is 0 Å². The second-order valence-electron chi connectivity index (χ2n) is 8.74. The van der Waals surface area contributed by atoms with Gasteiger partial charge in [0.2, 0.25) is 5.91 Å². The standard InChI is InChI=1S/C18H28F3NO3/c1-10-6-12-7-11(2)15(25-16(24)17(3,4)5)14(10)22(9-12)13(23)8-18(19,20)21/h10-12,14-15H,6-9H2,1-5H3/t10-,11+,12?,14?,15+/m1/s1. The molecule has 0 aromatic heterocycles. The summed E-state index contributed by atoms with van der Waals surface area (Å²) in [6.45, 7) is 9.42. The third kappa shape index (κ3) is 4.67. The van der Waals surface area contributed by atoms with E-state index in [2.05, 4.69) is 0 Å². The molecule has 7 heteroatoms. The molecule has 0 N–H and O–H groups in total. The van der Waals surface area contributed by atoms with Crippen molar-refractivity contribution >= 4 is 11.9 Å². The van der Waals surface area contributed by atoms with Crippen molar-refractivity contribution in [3.63, 3.8) is 0 Å². The number of rotatable bonds is 2. The van der Waals surface area contributed by atoms with Gasteiger partial charge in [0.25, 0.3) is 0 Å². The van der Waals surface area contributed by atoms with Crippen molar-refractivity contribution in [2.45, 2.75) is 72.2 Å². The normalized spacial score (nSPS) is 33.1. The Labute approximate surface area is 147 Å². The number of esters is 1. The number of carbonyl (C=O) groups is 2. The zero-order valence-corrected chi connectivity index (χ0v) is 15.5. The van der Waals surface area contributed by atoms with Crippen LogP contribution in [0.1, 0.15) is 53.9 Å². The van der Waals surface area contributed by atoms with E-state index in [1.807, 2.05) is 13.8 Å². The van der Waals surface area contributed by atoms with Crippen molar-refractivity contribution in [2.75, 3.05) is 6.54 Å². The van der Waals surface area contributed by atoms with E-state index in [0.717, 1.165) is 12.8 Å². The highest BCUT2D eigenvalue weighted by Gasteiger charge is 2.50. The molecule has 3 fully saturated rings. The molecule has 4 nitrogen and oxygen atoms in total. The monoisotopic (exact) mass is 363 g/mol. The second-order valence-corrected chi connectivity index (χ2v) is 8.74. The summed E-state index contributed by atoms with van der Waals surface area (Å²) in [4.78, 5) is 26.0.